The number of benzene rings is 1. The summed E-state index contributed by atoms with van der Waals surface area (Å²) in [5, 5.41) is 13.8. The Balaban J connectivity index is 1.75. The number of pyridine rings is 1. The van der Waals surface area contributed by atoms with Gasteiger partial charge in [-0.25, -0.2) is 0 Å². The summed E-state index contributed by atoms with van der Waals surface area (Å²) in [4.78, 5) is 13.8. The average molecular weight is 350 g/mol. The molecule has 1 N–H and O–H groups in total. The summed E-state index contributed by atoms with van der Waals surface area (Å²) in [5.41, 5.74) is 2.98. The second-order valence-corrected chi connectivity index (χ2v) is 5.58. The zero-order valence-electron chi connectivity index (χ0n) is 11.0. The van der Waals surface area contributed by atoms with Gasteiger partial charge in [-0.2, -0.15) is 0 Å². The van der Waals surface area contributed by atoms with E-state index < -0.39 is 4.92 Å². The van der Waals surface area contributed by atoms with E-state index >= 15 is 0 Å². The lowest BCUT2D eigenvalue weighted by Gasteiger charge is -2.10. The van der Waals surface area contributed by atoms with Crippen molar-refractivity contribution in [3.05, 3.63) is 56.2 Å². The average Bonchev–Trinajstić information content (AvgIpc) is 2.93. The maximum atomic E-state index is 10.6. The van der Waals surface area contributed by atoms with Crippen molar-refractivity contribution in [3.8, 4) is 5.75 Å². The molecule has 3 rings (SSSR count). The van der Waals surface area contributed by atoms with E-state index in [2.05, 4.69) is 32.3 Å². The minimum Gasteiger partial charge on any atom is -0.493 e. The van der Waals surface area contributed by atoms with Crippen LogP contribution in [0.4, 0.5) is 11.5 Å². The Morgan fingerprint density at radius 3 is 3.00 bits per heavy atom. The van der Waals surface area contributed by atoms with E-state index in [1.807, 2.05) is 6.07 Å². The zero-order chi connectivity index (χ0) is 14.8. The number of rotatable bonds is 4. The van der Waals surface area contributed by atoms with Gasteiger partial charge in [-0.15, -0.1) is 0 Å². The molecule has 7 heteroatoms. The van der Waals surface area contributed by atoms with Gasteiger partial charge in [-0.1, -0.05) is 15.9 Å². The Hall–Kier alpha value is -2.15. The third-order valence-corrected chi connectivity index (χ3v) is 3.70. The number of anilines is 1. The fourth-order valence-corrected chi connectivity index (χ4v) is 2.83. The van der Waals surface area contributed by atoms with Crippen molar-refractivity contribution >= 4 is 27.4 Å². The number of fused-ring (bicyclic) bond motifs is 1. The van der Waals surface area contributed by atoms with Crippen molar-refractivity contribution in [2.75, 3.05) is 11.9 Å². The van der Waals surface area contributed by atoms with Gasteiger partial charge in [0.15, 0.2) is 6.20 Å². The minimum absolute atomic E-state index is 0.160. The SMILES string of the molecule is O=[N+]([O-])c1ccc(NCc2cc(Br)cc3c2OCC3)cn1. The van der Waals surface area contributed by atoms with Crippen LogP contribution in [0.5, 0.6) is 5.75 Å². The summed E-state index contributed by atoms with van der Waals surface area (Å²) in [6, 6.07) is 7.10. The molecule has 0 fully saturated rings. The number of nitrogens with one attached hydrogen (secondary N) is 1. The number of halogens is 1. The molecule has 1 aliphatic rings. The van der Waals surface area contributed by atoms with Gasteiger partial charge in [0.25, 0.3) is 0 Å². The second kappa shape index (κ2) is 5.69. The lowest BCUT2D eigenvalue weighted by Crippen LogP contribution is -2.02. The molecule has 21 heavy (non-hydrogen) atoms. The molecular formula is C14H12BrN3O3. The fourth-order valence-electron chi connectivity index (χ4n) is 2.27. The Labute approximate surface area is 129 Å². The topological polar surface area (TPSA) is 77.3 Å². The molecule has 0 atom stereocenters. The van der Waals surface area contributed by atoms with Crippen molar-refractivity contribution in [2.24, 2.45) is 0 Å². The highest BCUT2D eigenvalue weighted by atomic mass is 79.9. The first-order chi connectivity index (χ1) is 10.1. The van der Waals surface area contributed by atoms with Crippen molar-refractivity contribution in [1.29, 1.82) is 0 Å². The molecule has 0 aliphatic carbocycles. The van der Waals surface area contributed by atoms with Crippen molar-refractivity contribution in [2.45, 2.75) is 13.0 Å². The monoisotopic (exact) mass is 349 g/mol. The predicted molar refractivity (Wildman–Crippen MR) is 81.6 cm³/mol. The summed E-state index contributed by atoms with van der Waals surface area (Å²) < 4.78 is 6.68. The van der Waals surface area contributed by atoms with E-state index in [-0.39, 0.29) is 5.82 Å². The first-order valence-corrected chi connectivity index (χ1v) is 7.21. The Morgan fingerprint density at radius 2 is 2.29 bits per heavy atom. The van der Waals surface area contributed by atoms with Gasteiger partial charge in [0.1, 0.15) is 5.75 Å². The van der Waals surface area contributed by atoms with Crippen LogP contribution in [0.15, 0.2) is 34.9 Å². The molecule has 1 aromatic heterocycles. The first kappa shape index (κ1) is 13.8. The Bertz CT molecular complexity index is 689. The number of nitrogens with zero attached hydrogens (tertiary/aromatic N) is 2. The van der Waals surface area contributed by atoms with E-state index in [1.54, 1.807) is 6.07 Å². The van der Waals surface area contributed by atoms with Gasteiger partial charge in [0.2, 0.25) is 0 Å². The van der Waals surface area contributed by atoms with Crippen molar-refractivity contribution < 1.29 is 9.66 Å². The van der Waals surface area contributed by atoms with Crippen LogP contribution in [0, 0.1) is 10.1 Å². The number of hydrogen-bond donors (Lipinski definition) is 1. The molecule has 1 aliphatic heterocycles. The third-order valence-electron chi connectivity index (χ3n) is 3.24. The molecule has 0 bridgehead atoms. The number of ether oxygens (including phenoxy) is 1. The van der Waals surface area contributed by atoms with Crippen LogP contribution < -0.4 is 10.1 Å². The summed E-state index contributed by atoms with van der Waals surface area (Å²) in [6.45, 7) is 1.28. The predicted octanol–water partition coefficient (Wildman–Crippen LogP) is 3.30. The molecule has 0 radical (unpaired) electrons. The molecule has 0 saturated heterocycles. The number of aromatic nitrogens is 1. The molecule has 0 amide bonds. The van der Waals surface area contributed by atoms with Gasteiger partial charge >= 0.3 is 5.82 Å². The number of hydrogen-bond acceptors (Lipinski definition) is 5. The maximum Gasteiger partial charge on any atom is 0.363 e. The van der Waals surface area contributed by atoms with Crippen molar-refractivity contribution in [1.82, 2.24) is 4.98 Å². The number of nitro groups is 1. The van der Waals surface area contributed by atoms with Crippen molar-refractivity contribution in [3.63, 3.8) is 0 Å². The van der Waals surface area contributed by atoms with E-state index in [4.69, 9.17) is 4.74 Å². The summed E-state index contributed by atoms with van der Waals surface area (Å²) in [5.74, 6) is 0.771. The Morgan fingerprint density at radius 1 is 1.43 bits per heavy atom. The third kappa shape index (κ3) is 2.97. The van der Waals surface area contributed by atoms with Crippen LogP contribution in [0.25, 0.3) is 0 Å². The van der Waals surface area contributed by atoms with Crippen LogP contribution in [-0.4, -0.2) is 16.5 Å². The maximum absolute atomic E-state index is 10.6. The molecule has 0 saturated carbocycles. The molecule has 2 aromatic rings. The molecule has 0 unspecified atom stereocenters. The molecule has 2 heterocycles. The van der Waals surface area contributed by atoms with Crippen LogP contribution in [0.2, 0.25) is 0 Å². The normalized spacial score (nSPS) is 12.6. The van der Waals surface area contributed by atoms with E-state index in [9.17, 15) is 10.1 Å². The smallest absolute Gasteiger partial charge is 0.363 e. The summed E-state index contributed by atoms with van der Waals surface area (Å²) in [7, 11) is 0. The fraction of sp³-hybridized carbons (Fsp3) is 0.214. The second-order valence-electron chi connectivity index (χ2n) is 4.67. The molecular weight excluding hydrogens is 338 g/mol. The lowest BCUT2D eigenvalue weighted by atomic mass is 10.1. The van der Waals surface area contributed by atoms with E-state index in [1.165, 1.54) is 17.8 Å². The van der Waals surface area contributed by atoms with Gasteiger partial charge in [-0.3, -0.25) is 0 Å². The summed E-state index contributed by atoms with van der Waals surface area (Å²) >= 11 is 3.50. The van der Waals surface area contributed by atoms with E-state index in [0.717, 1.165) is 27.9 Å². The van der Waals surface area contributed by atoms with E-state index in [0.29, 0.717) is 13.2 Å². The highest BCUT2D eigenvalue weighted by Crippen LogP contribution is 2.33. The van der Waals surface area contributed by atoms with Crippen LogP contribution >= 0.6 is 15.9 Å². The molecule has 108 valence electrons. The zero-order valence-corrected chi connectivity index (χ0v) is 12.6. The van der Waals surface area contributed by atoms with Crippen LogP contribution in [-0.2, 0) is 13.0 Å². The van der Waals surface area contributed by atoms with Gasteiger partial charge < -0.3 is 20.2 Å². The lowest BCUT2D eigenvalue weighted by molar-refractivity contribution is -0.389. The van der Waals surface area contributed by atoms with Crippen LogP contribution in [0.3, 0.4) is 0 Å². The largest absolute Gasteiger partial charge is 0.493 e. The van der Waals surface area contributed by atoms with Gasteiger partial charge in [0, 0.05) is 29.1 Å². The quantitative estimate of drug-likeness (QED) is 0.676. The van der Waals surface area contributed by atoms with Gasteiger partial charge in [-0.05, 0) is 33.7 Å². The standard InChI is InChI=1S/C14H12BrN3O3/c15-11-5-9-3-4-21-14(9)10(6-11)7-16-12-1-2-13(17-8-12)18(19)20/h1-2,5-6,8,16H,3-4,7H2. The van der Waals surface area contributed by atoms with Crippen LogP contribution in [0.1, 0.15) is 11.1 Å². The molecule has 1 aromatic carbocycles. The summed E-state index contributed by atoms with van der Waals surface area (Å²) in [6.07, 6.45) is 2.37. The molecule has 0 spiro atoms. The minimum atomic E-state index is -0.515. The molecule has 6 nitrogen and oxygen atoms in total. The van der Waals surface area contributed by atoms with Gasteiger partial charge in [0.05, 0.1) is 12.3 Å². The Kier molecular flexibility index (Phi) is 3.74. The highest BCUT2D eigenvalue weighted by molar-refractivity contribution is 9.10. The first-order valence-electron chi connectivity index (χ1n) is 6.42. The highest BCUT2D eigenvalue weighted by Gasteiger charge is 2.17.